The van der Waals surface area contributed by atoms with E-state index in [0.717, 1.165) is 5.56 Å². The molecule has 0 atom stereocenters. The Kier molecular flexibility index (Phi) is 6.46. The first-order valence-corrected chi connectivity index (χ1v) is 9.15. The molecule has 1 amide bonds. The summed E-state index contributed by atoms with van der Waals surface area (Å²) in [7, 11) is 2.84. The zero-order valence-corrected chi connectivity index (χ0v) is 16.1. The highest BCUT2D eigenvalue weighted by Crippen LogP contribution is 2.20. The Morgan fingerprint density at radius 2 is 1.43 bits per heavy atom. The van der Waals surface area contributed by atoms with E-state index in [1.165, 1.54) is 32.4 Å². The van der Waals surface area contributed by atoms with E-state index in [0.29, 0.717) is 38.3 Å². The van der Waals surface area contributed by atoms with Gasteiger partial charge in [0.15, 0.2) is 23.1 Å². The van der Waals surface area contributed by atoms with Crippen LogP contribution in [0.3, 0.4) is 0 Å². The van der Waals surface area contributed by atoms with E-state index in [-0.39, 0.29) is 29.6 Å². The Hall–Kier alpha value is -2.67. The summed E-state index contributed by atoms with van der Waals surface area (Å²) in [6.45, 7) is 3.21. The average molecular weight is 390 g/mol. The molecule has 5 nitrogen and oxygen atoms in total. The van der Waals surface area contributed by atoms with Crippen LogP contribution in [0.5, 0.6) is 11.5 Å². The number of amides is 1. The second kappa shape index (κ2) is 9.01. The third kappa shape index (κ3) is 4.78. The fraction of sp³-hybridized carbons (Fsp3) is 0.381. The van der Waals surface area contributed by atoms with Gasteiger partial charge in [0.2, 0.25) is 5.91 Å². The number of hydrogen-bond donors (Lipinski definition) is 0. The minimum Gasteiger partial charge on any atom is -0.494 e. The van der Waals surface area contributed by atoms with Crippen LogP contribution in [-0.4, -0.2) is 56.1 Å². The number of benzene rings is 2. The zero-order valence-electron chi connectivity index (χ0n) is 16.1. The molecular formula is C21H24F2N2O3. The van der Waals surface area contributed by atoms with E-state index in [4.69, 9.17) is 9.47 Å². The number of rotatable bonds is 6. The van der Waals surface area contributed by atoms with Gasteiger partial charge in [-0.25, -0.2) is 8.78 Å². The molecule has 2 aromatic carbocycles. The predicted octanol–water partition coefficient (Wildman–Crippen LogP) is 2.87. The van der Waals surface area contributed by atoms with E-state index < -0.39 is 5.82 Å². The van der Waals surface area contributed by atoms with Crippen molar-refractivity contribution in [2.75, 3.05) is 40.4 Å². The van der Waals surface area contributed by atoms with E-state index in [1.54, 1.807) is 17.0 Å². The topological polar surface area (TPSA) is 42.0 Å². The van der Waals surface area contributed by atoms with E-state index in [9.17, 15) is 13.6 Å². The summed E-state index contributed by atoms with van der Waals surface area (Å²) >= 11 is 0. The lowest BCUT2D eigenvalue weighted by molar-refractivity contribution is -0.132. The highest BCUT2D eigenvalue weighted by atomic mass is 19.1. The van der Waals surface area contributed by atoms with Crippen molar-refractivity contribution in [2.45, 2.75) is 13.0 Å². The number of ether oxygens (including phenoxy) is 2. The van der Waals surface area contributed by atoms with Crippen LogP contribution in [0.25, 0.3) is 0 Å². The minimum atomic E-state index is -0.468. The molecule has 0 spiro atoms. The van der Waals surface area contributed by atoms with Crippen LogP contribution < -0.4 is 9.47 Å². The maximum Gasteiger partial charge on any atom is 0.227 e. The molecule has 0 bridgehead atoms. The Labute approximate surface area is 163 Å². The molecule has 7 heteroatoms. The van der Waals surface area contributed by atoms with Gasteiger partial charge in [0.1, 0.15) is 0 Å². The summed E-state index contributed by atoms with van der Waals surface area (Å²) < 4.78 is 37.4. The maximum absolute atomic E-state index is 13.8. The van der Waals surface area contributed by atoms with Gasteiger partial charge in [0.25, 0.3) is 0 Å². The number of piperazine rings is 1. The molecule has 2 aromatic rings. The van der Waals surface area contributed by atoms with Gasteiger partial charge < -0.3 is 14.4 Å². The molecule has 1 fully saturated rings. The van der Waals surface area contributed by atoms with E-state index in [2.05, 4.69) is 4.90 Å². The molecule has 0 radical (unpaired) electrons. The molecule has 28 heavy (non-hydrogen) atoms. The Morgan fingerprint density at radius 1 is 0.893 bits per heavy atom. The third-order valence-corrected chi connectivity index (χ3v) is 4.92. The predicted molar refractivity (Wildman–Crippen MR) is 101 cm³/mol. The second-order valence-electron chi connectivity index (χ2n) is 6.77. The fourth-order valence-electron chi connectivity index (χ4n) is 3.33. The number of nitrogens with zero attached hydrogens (tertiary/aromatic N) is 2. The number of methoxy groups -OCH3 is 2. The largest absolute Gasteiger partial charge is 0.494 e. The third-order valence-electron chi connectivity index (χ3n) is 4.92. The monoisotopic (exact) mass is 390 g/mol. The summed E-state index contributed by atoms with van der Waals surface area (Å²) in [5.74, 6) is -0.474. The minimum absolute atomic E-state index is 0.0280. The quantitative estimate of drug-likeness (QED) is 0.761. The lowest BCUT2D eigenvalue weighted by Gasteiger charge is -2.35. The lowest BCUT2D eigenvalue weighted by atomic mass is 10.1. The summed E-state index contributed by atoms with van der Waals surface area (Å²) in [5, 5.41) is 0. The molecule has 0 N–H and O–H groups in total. The van der Waals surface area contributed by atoms with Gasteiger partial charge in [0, 0.05) is 32.7 Å². The normalized spacial score (nSPS) is 14.8. The molecule has 0 aromatic heterocycles. The maximum atomic E-state index is 13.8. The van der Waals surface area contributed by atoms with Crippen molar-refractivity contribution in [3.8, 4) is 11.5 Å². The second-order valence-corrected chi connectivity index (χ2v) is 6.77. The Bertz CT molecular complexity index is 836. The molecule has 1 saturated heterocycles. The highest BCUT2D eigenvalue weighted by molar-refractivity contribution is 5.79. The van der Waals surface area contributed by atoms with Crippen molar-refractivity contribution in [1.82, 2.24) is 9.80 Å². The summed E-state index contributed by atoms with van der Waals surface area (Å²) in [4.78, 5) is 16.5. The highest BCUT2D eigenvalue weighted by Gasteiger charge is 2.22. The smallest absolute Gasteiger partial charge is 0.227 e. The number of carbonyl (C=O) groups is 1. The van der Waals surface area contributed by atoms with Crippen LogP contribution >= 0.6 is 0 Å². The average Bonchev–Trinajstić information content (AvgIpc) is 2.69. The van der Waals surface area contributed by atoms with Gasteiger partial charge >= 0.3 is 0 Å². The molecule has 0 unspecified atom stereocenters. The summed E-state index contributed by atoms with van der Waals surface area (Å²) in [6, 6.07) is 9.52. The SMILES string of the molecule is COc1ccc(CC(=O)N2CCN(Cc3ccc(OC)c(F)c3)CC2)cc1F. The van der Waals surface area contributed by atoms with Crippen molar-refractivity contribution in [2.24, 2.45) is 0 Å². The van der Waals surface area contributed by atoms with Crippen LogP contribution in [0.4, 0.5) is 8.78 Å². The Morgan fingerprint density at radius 3 is 1.96 bits per heavy atom. The summed E-state index contributed by atoms with van der Waals surface area (Å²) in [5.41, 5.74) is 1.49. The van der Waals surface area contributed by atoms with Crippen molar-refractivity contribution in [3.63, 3.8) is 0 Å². The standard InChI is InChI=1S/C21H24F2N2O3/c1-27-19-5-3-15(11-17(19)22)13-21(26)25-9-7-24(8-10-25)14-16-4-6-20(28-2)18(23)12-16/h3-6,11-12H,7-10,13-14H2,1-2H3. The molecule has 3 rings (SSSR count). The number of hydrogen-bond acceptors (Lipinski definition) is 4. The first kappa shape index (κ1) is 20.1. The van der Waals surface area contributed by atoms with Gasteiger partial charge in [-0.2, -0.15) is 0 Å². The van der Waals surface area contributed by atoms with Crippen molar-refractivity contribution >= 4 is 5.91 Å². The van der Waals surface area contributed by atoms with Crippen LogP contribution in [0.1, 0.15) is 11.1 Å². The van der Waals surface area contributed by atoms with Crippen LogP contribution in [0.15, 0.2) is 36.4 Å². The van der Waals surface area contributed by atoms with Gasteiger partial charge in [-0.3, -0.25) is 9.69 Å². The van der Waals surface area contributed by atoms with E-state index >= 15 is 0 Å². The summed E-state index contributed by atoms with van der Waals surface area (Å²) in [6.07, 6.45) is 0.157. The number of halogens is 2. The van der Waals surface area contributed by atoms with Crippen LogP contribution in [-0.2, 0) is 17.8 Å². The molecule has 150 valence electrons. The first-order valence-electron chi connectivity index (χ1n) is 9.15. The molecule has 1 heterocycles. The van der Waals surface area contributed by atoms with Gasteiger partial charge in [-0.1, -0.05) is 12.1 Å². The molecule has 1 aliphatic heterocycles. The zero-order chi connectivity index (χ0) is 20.1. The first-order chi connectivity index (χ1) is 13.5. The van der Waals surface area contributed by atoms with Crippen molar-refractivity contribution in [1.29, 1.82) is 0 Å². The molecule has 0 aliphatic carbocycles. The molecule has 0 saturated carbocycles. The van der Waals surface area contributed by atoms with Gasteiger partial charge in [-0.15, -0.1) is 0 Å². The molecule has 1 aliphatic rings. The fourth-order valence-corrected chi connectivity index (χ4v) is 3.33. The van der Waals surface area contributed by atoms with Crippen LogP contribution in [0, 0.1) is 11.6 Å². The van der Waals surface area contributed by atoms with Gasteiger partial charge in [-0.05, 0) is 35.4 Å². The van der Waals surface area contributed by atoms with E-state index in [1.807, 2.05) is 6.07 Å². The lowest BCUT2D eigenvalue weighted by Crippen LogP contribution is -2.48. The number of carbonyl (C=O) groups excluding carboxylic acids is 1. The van der Waals surface area contributed by atoms with Crippen molar-refractivity contribution in [3.05, 3.63) is 59.2 Å². The van der Waals surface area contributed by atoms with Crippen molar-refractivity contribution < 1.29 is 23.0 Å². The Balaban J connectivity index is 1.51. The molecular weight excluding hydrogens is 366 g/mol. The van der Waals surface area contributed by atoms with Gasteiger partial charge in [0.05, 0.1) is 20.6 Å². The van der Waals surface area contributed by atoms with Crippen LogP contribution in [0.2, 0.25) is 0 Å².